The van der Waals surface area contributed by atoms with Crippen molar-refractivity contribution in [2.45, 2.75) is 32.1 Å². The van der Waals surface area contributed by atoms with Crippen molar-refractivity contribution in [2.75, 3.05) is 26.2 Å². The Bertz CT molecular complexity index is 523. The number of amides is 1. The Kier molecular flexibility index (Phi) is 3.26. The first-order valence-electron chi connectivity index (χ1n) is 8.32. The smallest absolute Gasteiger partial charge is 0.226 e. The van der Waals surface area contributed by atoms with E-state index in [9.17, 15) is 4.79 Å². The molecule has 2 heterocycles. The van der Waals surface area contributed by atoms with Crippen LogP contribution in [0.3, 0.4) is 0 Å². The van der Waals surface area contributed by atoms with Crippen LogP contribution < -0.4 is 5.32 Å². The van der Waals surface area contributed by atoms with E-state index in [2.05, 4.69) is 34.5 Å². The van der Waals surface area contributed by atoms with E-state index in [0.717, 1.165) is 39.0 Å². The summed E-state index contributed by atoms with van der Waals surface area (Å²) in [7, 11) is 0. The molecule has 1 amide bonds. The number of nitrogens with one attached hydrogen (secondary N) is 1. The molecule has 0 aromatic heterocycles. The molecule has 0 radical (unpaired) electrons. The highest BCUT2D eigenvalue weighted by atomic mass is 16.2. The molecule has 0 bridgehead atoms. The van der Waals surface area contributed by atoms with Gasteiger partial charge in [0.15, 0.2) is 0 Å². The van der Waals surface area contributed by atoms with E-state index in [4.69, 9.17) is 0 Å². The zero-order chi connectivity index (χ0) is 14.3. The van der Waals surface area contributed by atoms with Gasteiger partial charge in [-0.15, -0.1) is 0 Å². The number of carbonyl (C=O) groups excluding carboxylic acids is 1. The summed E-state index contributed by atoms with van der Waals surface area (Å²) in [6.45, 7) is 4.16. The van der Waals surface area contributed by atoms with Crippen LogP contribution in [0, 0.1) is 11.3 Å². The highest BCUT2D eigenvalue weighted by Crippen LogP contribution is 2.37. The molecule has 1 aliphatic carbocycles. The molecule has 2 aliphatic heterocycles. The fourth-order valence-corrected chi connectivity index (χ4v) is 4.53. The van der Waals surface area contributed by atoms with Crippen molar-refractivity contribution in [3.8, 4) is 0 Å². The summed E-state index contributed by atoms with van der Waals surface area (Å²) in [5.74, 6) is 0.587. The van der Waals surface area contributed by atoms with Gasteiger partial charge in [0.2, 0.25) is 5.91 Å². The van der Waals surface area contributed by atoms with Crippen molar-refractivity contribution in [3.05, 3.63) is 35.4 Å². The summed E-state index contributed by atoms with van der Waals surface area (Å²) in [6, 6.07) is 8.54. The van der Waals surface area contributed by atoms with E-state index in [1.807, 2.05) is 0 Å². The van der Waals surface area contributed by atoms with Gasteiger partial charge in [-0.2, -0.15) is 0 Å². The number of fused-ring (bicyclic) bond motifs is 1. The normalized spacial score (nSPS) is 29.0. The average Bonchev–Trinajstić information content (AvgIpc) is 3.13. The van der Waals surface area contributed by atoms with Gasteiger partial charge in [-0.05, 0) is 49.8 Å². The van der Waals surface area contributed by atoms with Crippen molar-refractivity contribution in [2.24, 2.45) is 11.3 Å². The lowest BCUT2D eigenvalue weighted by atomic mass is 9.79. The Labute approximate surface area is 126 Å². The summed E-state index contributed by atoms with van der Waals surface area (Å²) in [4.78, 5) is 15.1. The molecular formula is C18H24N2O. The zero-order valence-electron chi connectivity index (χ0n) is 12.6. The number of carbonyl (C=O) groups is 1. The molecule has 1 atom stereocenters. The van der Waals surface area contributed by atoms with Crippen molar-refractivity contribution in [1.82, 2.24) is 10.2 Å². The molecule has 1 aromatic carbocycles. The minimum atomic E-state index is 0.187. The van der Waals surface area contributed by atoms with Gasteiger partial charge in [-0.1, -0.05) is 24.3 Å². The molecule has 3 heteroatoms. The van der Waals surface area contributed by atoms with E-state index >= 15 is 0 Å². The lowest BCUT2D eigenvalue weighted by Gasteiger charge is -2.41. The first-order chi connectivity index (χ1) is 10.3. The fraction of sp³-hybridized carbons (Fsp3) is 0.611. The Morgan fingerprint density at radius 3 is 2.62 bits per heavy atom. The van der Waals surface area contributed by atoms with Crippen LogP contribution in [0.4, 0.5) is 0 Å². The van der Waals surface area contributed by atoms with Gasteiger partial charge in [0.1, 0.15) is 0 Å². The SMILES string of the molecule is O=C(C1Cc2ccccc2C1)N1CCCC2(CCNC2)C1. The number of likely N-dealkylation sites (tertiary alicyclic amines) is 1. The molecule has 2 saturated heterocycles. The Hall–Kier alpha value is -1.35. The van der Waals surface area contributed by atoms with Gasteiger partial charge in [-0.3, -0.25) is 4.79 Å². The first kappa shape index (κ1) is 13.3. The van der Waals surface area contributed by atoms with Crippen LogP contribution in [0.25, 0.3) is 0 Å². The Balaban J connectivity index is 1.46. The fourth-order valence-electron chi connectivity index (χ4n) is 4.53. The second-order valence-electron chi connectivity index (χ2n) is 7.16. The van der Waals surface area contributed by atoms with Crippen molar-refractivity contribution < 1.29 is 4.79 Å². The maximum atomic E-state index is 12.9. The maximum absolute atomic E-state index is 12.9. The van der Waals surface area contributed by atoms with Crippen LogP contribution in [0.5, 0.6) is 0 Å². The lowest BCUT2D eigenvalue weighted by Crippen LogP contribution is -2.49. The van der Waals surface area contributed by atoms with E-state index < -0.39 is 0 Å². The largest absolute Gasteiger partial charge is 0.342 e. The molecule has 3 aliphatic rings. The lowest BCUT2D eigenvalue weighted by molar-refractivity contribution is -0.138. The summed E-state index contributed by atoms with van der Waals surface area (Å²) in [5.41, 5.74) is 3.13. The van der Waals surface area contributed by atoms with Gasteiger partial charge in [-0.25, -0.2) is 0 Å². The van der Waals surface area contributed by atoms with Crippen molar-refractivity contribution >= 4 is 5.91 Å². The standard InChI is InChI=1S/C18H24N2O/c21-17(16-10-14-4-1-2-5-15(14)11-16)20-9-3-6-18(13-20)7-8-19-12-18/h1-2,4-5,16,19H,3,6-13H2. The number of rotatable bonds is 1. The molecule has 1 N–H and O–H groups in total. The molecular weight excluding hydrogens is 260 g/mol. The molecule has 3 nitrogen and oxygen atoms in total. The topological polar surface area (TPSA) is 32.3 Å². The van der Waals surface area contributed by atoms with Crippen molar-refractivity contribution in [3.63, 3.8) is 0 Å². The van der Waals surface area contributed by atoms with E-state index in [-0.39, 0.29) is 5.92 Å². The third-order valence-corrected chi connectivity index (χ3v) is 5.71. The molecule has 21 heavy (non-hydrogen) atoms. The molecule has 0 saturated carbocycles. The van der Waals surface area contributed by atoms with Crippen LogP contribution in [-0.2, 0) is 17.6 Å². The zero-order valence-corrected chi connectivity index (χ0v) is 12.6. The minimum absolute atomic E-state index is 0.187. The monoisotopic (exact) mass is 284 g/mol. The summed E-state index contributed by atoms with van der Waals surface area (Å²) in [5, 5.41) is 3.49. The first-order valence-corrected chi connectivity index (χ1v) is 8.32. The van der Waals surface area contributed by atoms with Gasteiger partial charge in [0, 0.05) is 31.0 Å². The molecule has 1 spiro atoms. The maximum Gasteiger partial charge on any atom is 0.226 e. The van der Waals surface area contributed by atoms with Crippen LogP contribution >= 0.6 is 0 Å². The van der Waals surface area contributed by atoms with Crippen LogP contribution in [0.2, 0.25) is 0 Å². The van der Waals surface area contributed by atoms with Crippen LogP contribution in [0.1, 0.15) is 30.4 Å². The average molecular weight is 284 g/mol. The Morgan fingerprint density at radius 1 is 1.19 bits per heavy atom. The third kappa shape index (κ3) is 2.38. The van der Waals surface area contributed by atoms with Gasteiger partial charge in [0.25, 0.3) is 0 Å². The summed E-state index contributed by atoms with van der Waals surface area (Å²) < 4.78 is 0. The number of benzene rings is 1. The number of hydrogen-bond donors (Lipinski definition) is 1. The number of hydrogen-bond acceptors (Lipinski definition) is 2. The van der Waals surface area contributed by atoms with E-state index in [1.54, 1.807) is 0 Å². The second-order valence-corrected chi connectivity index (χ2v) is 7.16. The van der Waals surface area contributed by atoms with Crippen molar-refractivity contribution in [1.29, 1.82) is 0 Å². The Morgan fingerprint density at radius 2 is 1.95 bits per heavy atom. The van der Waals surface area contributed by atoms with Gasteiger partial charge >= 0.3 is 0 Å². The molecule has 1 unspecified atom stereocenters. The predicted molar refractivity (Wildman–Crippen MR) is 83.1 cm³/mol. The second kappa shape index (κ2) is 5.13. The molecule has 2 fully saturated rings. The molecule has 112 valence electrons. The van der Waals surface area contributed by atoms with Crippen LogP contribution in [0.15, 0.2) is 24.3 Å². The third-order valence-electron chi connectivity index (χ3n) is 5.71. The number of nitrogens with zero attached hydrogens (tertiary/aromatic N) is 1. The minimum Gasteiger partial charge on any atom is -0.342 e. The van der Waals surface area contributed by atoms with E-state index in [1.165, 1.54) is 30.4 Å². The highest BCUT2D eigenvalue weighted by molar-refractivity contribution is 5.80. The number of piperidine rings is 1. The highest BCUT2D eigenvalue weighted by Gasteiger charge is 2.41. The summed E-state index contributed by atoms with van der Waals surface area (Å²) in [6.07, 6.45) is 5.58. The van der Waals surface area contributed by atoms with Gasteiger partial charge < -0.3 is 10.2 Å². The van der Waals surface area contributed by atoms with E-state index in [0.29, 0.717) is 11.3 Å². The van der Waals surface area contributed by atoms with Crippen LogP contribution in [-0.4, -0.2) is 37.0 Å². The summed E-state index contributed by atoms with van der Waals surface area (Å²) >= 11 is 0. The van der Waals surface area contributed by atoms with Gasteiger partial charge in [0.05, 0.1) is 0 Å². The predicted octanol–water partition coefficient (Wildman–Crippen LogP) is 2.00. The molecule has 4 rings (SSSR count). The molecule has 1 aromatic rings. The quantitative estimate of drug-likeness (QED) is 0.855.